The molecule has 0 saturated heterocycles. The van der Waals surface area contributed by atoms with E-state index < -0.39 is 0 Å². The summed E-state index contributed by atoms with van der Waals surface area (Å²) in [6.07, 6.45) is 1.06. The normalized spacial score (nSPS) is 13.6. The maximum atomic E-state index is 8.99. The van der Waals surface area contributed by atoms with Crippen LogP contribution in [0.4, 0.5) is 0 Å². The van der Waals surface area contributed by atoms with Crippen LogP contribution in [0.5, 0.6) is 0 Å². The molecule has 1 unspecified atom stereocenters. The van der Waals surface area contributed by atoms with Crippen molar-refractivity contribution in [3.63, 3.8) is 0 Å². The van der Waals surface area contributed by atoms with E-state index in [2.05, 4.69) is 23.6 Å². The summed E-state index contributed by atoms with van der Waals surface area (Å²) in [7, 11) is 0. The van der Waals surface area contributed by atoms with Crippen LogP contribution in [0.15, 0.2) is 0 Å². The summed E-state index contributed by atoms with van der Waals surface area (Å²) in [4.78, 5) is 4.28. The van der Waals surface area contributed by atoms with E-state index in [0.717, 1.165) is 19.5 Å². The van der Waals surface area contributed by atoms with E-state index in [1.165, 1.54) is 0 Å². The minimum absolute atomic E-state index is 0.109. The van der Waals surface area contributed by atoms with Crippen LogP contribution in [0.2, 0.25) is 0 Å². The molecule has 3 N–H and O–H groups in total. The van der Waals surface area contributed by atoms with E-state index in [-0.39, 0.29) is 25.9 Å². The predicted octanol–water partition coefficient (Wildman–Crippen LogP) is -0.634. The monoisotopic (exact) mass is 248 g/mol. The molecule has 0 fully saturated rings. The van der Waals surface area contributed by atoms with Crippen LogP contribution in [0.25, 0.3) is 0 Å². The minimum Gasteiger partial charge on any atom is -0.395 e. The third-order valence-electron chi connectivity index (χ3n) is 2.88. The van der Waals surface area contributed by atoms with Crippen LogP contribution in [0.3, 0.4) is 0 Å². The maximum absolute atomic E-state index is 8.99. The lowest BCUT2D eigenvalue weighted by Crippen LogP contribution is -2.45. The van der Waals surface area contributed by atoms with Gasteiger partial charge in [-0.3, -0.25) is 9.80 Å². The zero-order valence-corrected chi connectivity index (χ0v) is 11.2. The van der Waals surface area contributed by atoms with Crippen LogP contribution < -0.4 is 0 Å². The molecule has 0 aromatic carbocycles. The summed E-state index contributed by atoms with van der Waals surface area (Å²) in [5.74, 6) is 0. The number of hydrogen-bond acceptors (Lipinski definition) is 5. The van der Waals surface area contributed by atoms with Gasteiger partial charge in [0.1, 0.15) is 0 Å². The molecule has 5 heteroatoms. The van der Waals surface area contributed by atoms with Gasteiger partial charge in [-0.2, -0.15) is 0 Å². The first-order valence-corrected chi connectivity index (χ1v) is 6.48. The largest absolute Gasteiger partial charge is 0.395 e. The lowest BCUT2D eigenvalue weighted by molar-refractivity contribution is 0.0954. The Morgan fingerprint density at radius 2 is 1.41 bits per heavy atom. The molecule has 0 heterocycles. The van der Waals surface area contributed by atoms with Crippen molar-refractivity contribution in [1.82, 2.24) is 9.80 Å². The second-order valence-electron chi connectivity index (χ2n) is 4.36. The lowest BCUT2D eigenvalue weighted by Gasteiger charge is -2.32. The molecule has 0 aromatic rings. The first kappa shape index (κ1) is 16.8. The minimum atomic E-state index is 0.109. The van der Waals surface area contributed by atoms with Crippen LogP contribution in [-0.2, 0) is 0 Å². The quantitative estimate of drug-likeness (QED) is 0.454. The van der Waals surface area contributed by atoms with Gasteiger partial charge in [-0.25, -0.2) is 0 Å². The Balaban J connectivity index is 4.16. The summed E-state index contributed by atoms with van der Waals surface area (Å²) < 4.78 is 0. The van der Waals surface area contributed by atoms with Crippen molar-refractivity contribution in [2.75, 3.05) is 52.5 Å². The van der Waals surface area contributed by atoms with Gasteiger partial charge in [0.25, 0.3) is 0 Å². The van der Waals surface area contributed by atoms with Gasteiger partial charge >= 0.3 is 0 Å². The van der Waals surface area contributed by atoms with E-state index in [9.17, 15) is 0 Å². The molecular weight excluding hydrogens is 220 g/mol. The second kappa shape index (κ2) is 10.9. The summed E-state index contributed by atoms with van der Waals surface area (Å²) in [6, 6.07) is 0.271. The molecule has 0 amide bonds. The van der Waals surface area contributed by atoms with Crippen molar-refractivity contribution < 1.29 is 15.3 Å². The van der Waals surface area contributed by atoms with E-state index in [1.807, 2.05) is 0 Å². The van der Waals surface area contributed by atoms with Crippen molar-refractivity contribution in [1.29, 1.82) is 0 Å². The Labute approximate surface area is 105 Å². The smallest absolute Gasteiger partial charge is 0.0558 e. The number of aliphatic hydroxyl groups is 3. The molecule has 0 aromatic heterocycles. The third-order valence-corrected chi connectivity index (χ3v) is 2.88. The first-order valence-electron chi connectivity index (χ1n) is 6.48. The van der Waals surface area contributed by atoms with Gasteiger partial charge in [0.15, 0.2) is 0 Å². The lowest BCUT2D eigenvalue weighted by atomic mass is 10.2. The van der Waals surface area contributed by atoms with Crippen molar-refractivity contribution >= 4 is 0 Å². The van der Waals surface area contributed by atoms with Gasteiger partial charge < -0.3 is 15.3 Å². The summed E-state index contributed by atoms with van der Waals surface area (Å²) in [6.45, 7) is 8.28. The molecule has 5 nitrogen and oxygen atoms in total. The molecule has 0 bridgehead atoms. The van der Waals surface area contributed by atoms with Gasteiger partial charge in [-0.1, -0.05) is 6.92 Å². The highest BCUT2D eigenvalue weighted by Gasteiger charge is 2.15. The molecular formula is C12H28N2O3. The maximum Gasteiger partial charge on any atom is 0.0558 e. The highest BCUT2D eigenvalue weighted by molar-refractivity contribution is 4.71. The Morgan fingerprint density at radius 3 is 1.82 bits per heavy atom. The fourth-order valence-electron chi connectivity index (χ4n) is 2.05. The Bertz CT molecular complexity index is 158. The van der Waals surface area contributed by atoms with Gasteiger partial charge in [-0.05, 0) is 19.9 Å². The van der Waals surface area contributed by atoms with Gasteiger partial charge in [0.05, 0.1) is 19.8 Å². The van der Waals surface area contributed by atoms with E-state index in [4.69, 9.17) is 15.3 Å². The number of hydrogen-bond donors (Lipinski definition) is 3. The number of aliphatic hydroxyl groups excluding tert-OH is 3. The van der Waals surface area contributed by atoms with Gasteiger partial charge in [0, 0.05) is 32.2 Å². The topological polar surface area (TPSA) is 67.2 Å². The van der Waals surface area contributed by atoms with Crippen molar-refractivity contribution in [3.8, 4) is 0 Å². The van der Waals surface area contributed by atoms with Crippen LogP contribution in [-0.4, -0.2) is 83.7 Å². The van der Waals surface area contributed by atoms with Crippen molar-refractivity contribution in [2.45, 2.75) is 26.3 Å². The fourth-order valence-corrected chi connectivity index (χ4v) is 2.05. The molecule has 0 rings (SSSR count). The number of nitrogens with zero attached hydrogens (tertiary/aromatic N) is 2. The Hall–Kier alpha value is -0.200. The summed E-state index contributed by atoms with van der Waals surface area (Å²) in [5.41, 5.74) is 0. The Kier molecular flexibility index (Phi) is 10.8. The molecule has 0 aliphatic rings. The Morgan fingerprint density at radius 1 is 0.882 bits per heavy atom. The SMILES string of the molecule is CCCN(CCO)CC(C)N(CCO)CCO. The van der Waals surface area contributed by atoms with Gasteiger partial charge in [0.2, 0.25) is 0 Å². The summed E-state index contributed by atoms with van der Waals surface area (Å²) in [5, 5.41) is 26.9. The highest BCUT2D eigenvalue weighted by Crippen LogP contribution is 2.02. The van der Waals surface area contributed by atoms with Crippen LogP contribution in [0.1, 0.15) is 20.3 Å². The molecule has 0 radical (unpaired) electrons. The van der Waals surface area contributed by atoms with E-state index in [1.54, 1.807) is 0 Å². The standard InChI is InChI=1S/C12H28N2O3/c1-3-4-13(5-8-15)11-12(2)14(6-9-16)7-10-17/h12,15-17H,3-11H2,1-2H3. The molecule has 0 spiro atoms. The first-order chi connectivity index (χ1) is 8.19. The zero-order valence-electron chi connectivity index (χ0n) is 11.2. The molecule has 0 aliphatic heterocycles. The highest BCUT2D eigenvalue weighted by atomic mass is 16.3. The predicted molar refractivity (Wildman–Crippen MR) is 69.0 cm³/mol. The van der Waals surface area contributed by atoms with Crippen molar-refractivity contribution in [3.05, 3.63) is 0 Å². The number of rotatable bonds is 11. The molecule has 0 saturated carbocycles. The average molecular weight is 248 g/mol. The molecule has 0 aliphatic carbocycles. The second-order valence-corrected chi connectivity index (χ2v) is 4.36. The molecule has 17 heavy (non-hydrogen) atoms. The van der Waals surface area contributed by atoms with Gasteiger partial charge in [-0.15, -0.1) is 0 Å². The average Bonchev–Trinajstić information content (AvgIpc) is 2.29. The fraction of sp³-hybridized carbons (Fsp3) is 1.00. The molecule has 1 atom stereocenters. The van der Waals surface area contributed by atoms with Crippen LogP contribution in [0, 0.1) is 0 Å². The van der Waals surface area contributed by atoms with Crippen molar-refractivity contribution in [2.24, 2.45) is 0 Å². The van der Waals surface area contributed by atoms with E-state index >= 15 is 0 Å². The van der Waals surface area contributed by atoms with Crippen LogP contribution >= 0.6 is 0 Å². The summed E-state index contributed by atoms with van der Waals surface area (Å²) >= 11 is 0. The van der Waals surface area contributed by atoms with E-state index in [0.29, 0.717) is 19.6 Å². The molecule has 104 valence electrons. The zero-order chi connectivity index (χ0) is 13.1. The third kappa shape index (κ3) is 7.68.